The van der Waals surface area contributed by atoms with E-state index in [1.165, 1.54) is 12.3 Å². The summed E-state index contributed by atoms with van der Waals surface area (Å²) in [6.07, 6.45) is 0.884. The van der Waals surface area contributed by atoms with E-state index in [1.54, 1.807) is 30.3 Å². The molecule has 0 atom stereocenters. The molecule has 0 spiro atoms. The van der Waals surface area contributed by atoms with E-state index >= 15 is 0 Å². The van der Waals surface area contributed by atoms with Gasteiger partial charge in [0, 0.05) is 28.7 Å². The number of nitrogens with zero attached hydrogens (tertiary/aromatic N) is 1. The van der Waals surface area contributed by atoms with Crippen molar-refractivity contribution in [3.8, 4) is 0 Å². The average molecular weight is 447 g/mol. The number of para-hydroxylation sites is 1. The van der Waals surface area contributed by atoms with E-state index in [-0.39, 0.29) is 23.3 Å². The Labute approximate surface area is 183 Å². The lowest BCUT2D eigenvalue weighted by Crippen LogP contribution is -2.20. The molecule has 1 fully saturated rings. The van der Waals surface area contributed by atoms with Crippen molar-refractivity contribution in [3.05, 3.63) is 70.9 Å². The van der Waals surface area contributed by atoms with Gasteiger partial charge >= 0.3 is 6.18 Å². The number of pyridine rings is 1. The first kappa shape index (κ1) is 21.6. The van der Waals surface area contributed by atoms with Gasteiger partial charge in [0.25, 0.3) is 0 Å². The molecule has 3 nitrogen and oxygen atoms in total. The number of benzene rings is 2. The molecule has 0 unspecified atom stereocenters. The number of amides is 1. The number of carbonyl (C=O) groups is 1. The zero-order valence-corrected chi connectivity index (χ0v) is 17.5. The number of nitrogens with one attached hydrogen (secondary N) is 1. The van der Waals surface area contributed by atoms with E-state index in [2.05, 4.69) is 10.3 Å². The number of carbonyl (C=O) groups excluding carboxylic acids is 1. The van der Waals surface area contributed by atoms with Crippen molar-refractivity contribution in [2.75, 3.05) is 5.32 Å². The fourth-order valence-corrected chi connectivity index (χ4v) is 4.59. The van der Waals surface area contributed by atoms with Crippen LogP contribution in [0, 0.1) is 5.92 Å². The summed E-state index contributed by atoms with van der Waals surface area (Å²) >= 11 is 5.86. The predicted octanol–water partition coefficient (Wildman–Crippen LogP) is 7.21. The van der Waals surface area contributed by atoms with Gasteiger partial charge in [-0.05, 0) is 79.5 Å². The lowest BCUT2D eigenvalue weighted by molar-refractivity contribution is -0.136. The van der Waals surface area contributed by atoms with Gasteiger partial charge in [-0.25, -0.2) is 0 Å². The Morgan fingerprint density at radius 1 is 1.03 bits per heavy atom. The third-order valence-corrected chi connectivity index (χ3v) is 6.25. The molecular weight excluding hydrogens is 425 g/mol. The van der Waals surface area contributed by atoms with Crippen LogP contribution in [0.15, 0.2) is 54.7 Å². The van der Waals surface area contributed by atoms with Gasteiger partial charge < -0.3 is 5.32 Å². The Morgan fingerprint density at radius 3 is 2.42 bits per heavy atom. The van der Waals surface area contributed by atoms with Gasteiger partial charge in [0.2, 0.25) is 5.91 Å². The lowest BCUT2D eigenvalue weighted by Gasteiger charge is -2.29. The molecule has 0 bridgehead atoms. The van der Waals surface area contributed by atoms with Crippen molar-refractivity contribution in [2.45, 2.75) is 44.2 Å². The quantitative estimate of drug-likeness (QED) is 0.460. The highest BCUT2D eigenvalue weighted by molar-refractivity contribution is 6.30. The molecule has 1 saturated carbocycles. The van der Waals surface area contributed by atoms with Crippen LogP contribution in [0.25, 0.3) is 10.9 Å². The summed E-state index contributed by atoms with van der Waals surface area (Å²) in [6, 6.07) is 13.1. The number of anilines is 1. The Kier molecular flexibility index (Phi) is 6.19. The van der Waals surface area contributed by atoms with Crippen LogP contribution in [0.3, 0.4) is 0 Å². The first-order valence-electron chi connectivity index (χ1n) is 10.3. The molecule has 7 heteroatoms. The second kappa shape index (κ2) is 8.87. The van der Waals surface area contributed by atoms with Crippen molar-refractivity contribution < 1.29 is 18.0 Å². The number of halogens is 4. The highest BCUT2D eigenvalue weighted by Crippen LogP contribution is 2.41. The summed E-state index contributed by atoms with van der Waals surface area (Å²) in [7, 11) is 0. The van der Waals surface area contributed by atoms with Crippen LogP contribution in [0.1, 0.15) is 49.1 Å². The number of fused-ring (bicyclic) bond motifs is 1. The largest absolute Gasteiger partial charge is 0.418 e. The van der Waals surface area contributed by atoms with Gasteiger partial charge in [-0.2, -0.15) is 13.2 Å². The summed E-state index contributed by atoms with van der Waals surface area (Å²) in [6.45, 7) is 0. The zero-order valence-electron chi connectivity index (χ0n) is 16.8. The van der Waals surface area contributed by atoms with Gasteiger partial charge in [0.1, 0.15) is 0 Å². The maximum absolute atomic E-state index is 13.4. The molecule has 3 aromatic rings. The first-order valence-corrected chi connectivity index (χ1v) is 10.7. The third kappa shape index (κ3) is 5.01. The fraction of sp³-hybridized carbons (Fsp3) is 0.333. The number of alkyl halides is 3. The smallest absolute Gasteiger partial charge is 0.326 e. The second-order valence-electron chi connectivity index (χ2n) is 8.08. The third-order valence-electron chi connectivity index (χ3n) is 6.00. The molecule has 1 aliphatic rings. The van der Waals surface area contributed by atoms with E-state index < -0.39 is 11.7 Å². The van der Waals surface area contributed by atoms with E-state index in [1.807, 2.05) is 6.07 Å². The van der Waals surface area contributed by atoms with Gasteiger partial charge in [0.15, 0.2) is 0 Å². The SMILES string of the molecule is O=C(C[C@H]1CC[C@@H](c2ccnc3c(C(F)(F)F)cccc32)CC1)Nc1ccc(Cl)cc1. The van der Waals surface area contributed by atoms with Gasteiger partial charge in [-0.1, -0.05) is 23.7 Å². The summed E-state index contributed by atoms with van der Waals surface area (Å²) in [5, 5.41) is 4.08. The molecule has 2 aromatic carbocycles. The van der Waals surface area contributed by atoms with Crippen LogP contribution in [0.4, 0.5) is 18.9 Å². The van der Waals surface area contributed by atoms with Crippen LogP contribution in [-0.2, 0) is 11.0 Å². The van der Waals surface area contributed by atoms with E-state index in [4.69, 9.17) is 11.6 Å². The minimum atomic E-state index is -4.43. The summed E-state index contributed by atoms with van der Waals surface area (Å²) in [5.74, 6) is 0.405. The molecule has 1 amide bonds. The van der Waals surface area contributed by atoms with Crippen molar-refractivity contribution in [1.29, 1.82) is 0 Å². The standard InChI is InChI=1S/C24H22ClF3N2O/c25-17-8-10-18(11-9-17)30-22(31)14-15-4-6-16(7-5-15)19-12-13-29-23-20(19)2-1-3-21(23)24(26,27)28/h1-3,8-13,15-16H,4-7,14H2,(H,30,31)/t15-,16+. The minimum Gasteiger partial charge on any atom is -0.326 e. The molecular formula is C24H22ClF3N2O. The summed E-state index contributed by atoms with van der Waals surface area (Å²) in [5.41, 5.74) is 0.948. The van der Waals surface area contributed by atoms with Gasteiger partial charge in [-0.15, -0.1) is 0 Å². The minimum absolute atomic E-state index is 0.0111. The predicted molar refractivity (Wildman–Crippen MR) is 116 cm³/mol. The molecule has 1 aliphatic carbocycles. The highest BCUT2D eigenvalue weighted by Gasteiger charge is 2.34. The molecule has 0 radical (unpaired) electrons. The molecule has 0 aliphatic heterocycles. The van der Waals surface area contributed by atoms with Gasteiger partial charge in [-0.3, -0.25) is 9.78 Å². The Balaban J connectivity index is 1.41. The van der Waals surface area contributed by atoms with Crippen molar-refractivity contribution in [3.63, 3.8) is 0 Å². The molecule has 1 heterocycles. The molecule has 31 heavy (non-hydrogen) atoms. The maximum Gasteiger partial charge on any atom is 0.418 e. The van der Waals surface area contributed by atoms with Crippen molar-refractivity contribution in [2.24, 2.45) is 5.92 Å². The topological polar surface area (TPSA) is 42.0 Å². The monoisotopic (exact) mass is 446 g/mol. The van der Waals surface area contributed by atoms with Gasteiger partial charge in [0.05, 0.1) is 11.1 Å². The number of hydrogen-bond donors (Lipinski definition) is 1. The van der Waals surface area contributed by atoms with Crippen LogP contribution in [-0.4, -0.2) is 10.9 Å². The van der Waals surface area contributed by atoms with Crippen molar-refractivity contribution >= 4 is 34.1 Å². The summed E-state index contributed by atoms with van der Waals surface area (Å²) < 4.78 is 40.1. The van der Waals surface area contributed by atoms with Crippen LogP contribution < -0.4 is 5.32 Å². The number of aromatic nitrogens is 1. The average Bonchev–Trinajstić information content (AvgIpc) is 2.74. The normalized spacial score (nSPS) is 19.4. The van der Waals surface area contributed by atoms with Crippen LogP contribution in [0.5, 0.6) is 0 Å². The van der Waals surface area contributed by atoms with Crippen molar-refractivity contribution in [1.82, 2.24) is 4.98 Å². The van der Waals surface area contributed by atoms with Crippen LogP contribution >= 0.6 is 11.6 Å². The highest BCUT2D eigenvalue weighted by atomic mass is 35.5. The second-order valence-corrected chi connectivity index (χ2v) is 8.51. The van der Waals surface area contributed by atoms with Crippen LogP contribution in [0.2, 0.25) is 5.02 Å². The van der Waals surface area contributed by atoms with E-state index in [9.17, 15) is 18.0 Å². The molecule has 1 aromatic heterocycles. The fourth-order valence-electron chi connectivity index (χ4n) is 4.47. The molecule has 4 rings (SSSR count). The maximum atomic E-state index is 13.4. The van der Waals surface area contributed by atoms with E-state index in [0.29, 0.717) is 22.5 Å². The Morgan fingerprint density at radius 2 is 1.74 bits per heavy atom. The molecule has 0 saturated heterocycles. The number of hydrogen-bond acceptors (Lipinski definition) is 2. The molecule has 1 N–H and O–H groups in total. The lowest BCUT2D eigenvalue weighted by atomic mass is 9.76. The van der Waals surface area contributed by atoms with E-state index in [0.717, 1.165) is 37.3 Å². The number of rotatable bonds is 4. The Bertz CT molecular complexity index is 1070. The first-order chi connectivity index (χ1) is 14.8. The summed E-state index contributed by atoms with van der Waals surface area (Å²) in [4.78, 5) is 16.4. The molecule has 162 valence electrons. The zero-order chi connectivity index (χ0) is 22.0. The Hall–Kier alpha value is -2.60.